The van der Waals surface area contributed by atoms with Gasteiger partial charge in [0.1, 0.15) is 15.7 Å². The lowest BCUT2D eigenvalue weighted by molar-refractivity contribution is 0.0791. The van der Waals surface area contributed by atoms with Gasteiger partial charge in [0.15, 0.2) is 0 Å². The van der Waals surface area contributed by atoms with Crippen LogP contribution in [0.1, 0.15) is 16.1 Å². The summed E-state index contributed by atoms with van der Waals surface area (Å²) in [5.41, 5.74) is 0.445. The van der Waals surface area contributed by atoms with Crippen molar-refractivity contribution in [3.8, 4) is 10.6 Å². The maximum absolute atomic E-state index is 13.8. The van der Waals surface area contributed by atoms with E-state index in [2.05, 4.69) is 10.3 Å². The highest BCUT2D eigenvalue weighted by atomic mass is 32.1. The smallest absolute Gasteiger partial charge is 0.265 e. The predicted octanol–water partition coefficient (Wildman–Crippen LogP) is 2.63. The summed E-state index contributed by atoms with van der Waals surface area (Å²) in [4.78, 5) is 19.2. The highest BCUT2D eigenvalue weighted by Gasteiger charge is 2.27. The van der Waals surface area contributed by atoms with Gasteiger partial charge in [-0.3, -0.25) is 4.79 Å². The molecule has 1 N–H and O–H groups in total. The number of aromatic nitrogens is 1. The Bertz CT molecular complexity index is 673. The topological polar surface area (TPSA) is 45.2 Å². The van der Waals surface area contributed by atoms with Crippen LogP contribution >= 0.6 is 11.3 Å². The molecule has 3 rings (SSSR count). The number of hydrogen-bond donors (Lipinski definition) is 1. The van der Waals surface area contributed by atoms with E-state index in [0.717, 1.165) is 26.1 Å². The van der Waals surface area contributed by atoms with Crippen molar-refractivity contribution in [1.29, 1.82) is 0 Å². The van der Waals surface area contributed by atoms with Crippen LogP contribution in [0.4, 0.5) is 4.39 Å². The monoisotopic (exact) mass is 319 g/mol. The first-order chi connectivity index (χ1) is 10.7. The van der Waals surface area contributed by atoms with Gasteiger partial charge in [-0.05, 0) is 38.1 Å². The van der Waals surface area contributed by atoms with Crippen molar-refractivity contribution in [2.24, 2.45) is 5.92 Å². The van der Waals surface area contributed by atoms with Crippen molar-refractivity contribution in [2.75, 3.05) is 26.7 Å². The molecule has 116 valence electrons. The molecule has 0 radical (unpaired) electrons. The van der Waals surface area contributed by atoms with Gasteiger partial charge in [0.2, 0.25) is 0 Å². The Hall–Kier alpha value is -1.79. The minimum absolute atomic E-state index is 0.00121. The van der Waals surface area contributed by atoms with Crippen molar-refractivity contribution in [2.45, 2.75) is 6.42 Å². The van der Waals surface area contributed by atoms with Gasteiger partial charge in [-0.25, -0.2) is 9.37 Å². The predicted molar refractivity (Wildman–Crippen MR) is 85.4 cm³/mol. The summed E-state index contributed by atoms with van der Waals surface area (Å²) in [5, 5.41) is 3.70. The van der Waals surface area contributed by atoms with E-state index in [4.69, 9.17) is 0 Å². The third-order valence-electron chi connectivity index (χ3n) is 3.89. The molecule has 1 aliphatic rings. The number of benzene rings is 1. The largest absolute Gasteiger partial charge is 0.338 e. The second-order valence-electron chi connectivity index (χ2n) is 5.47. The van der Waals surface area contributed by atoms with E-state index >= 15 is 0 Å². The van der Waals surface area contributed by atoms with Crippen LogP contribution in [0.2, 0.25) is 0 Å². The molecule has 1 aromatic carbocycles. The molecule has 2 aromatic rings. The van der Waals surface area contributed by atoms with Crippen molar-refractivity contribution >= 4 is 17.2 Å². The van der Waals surface area contributed by atoms with Gasteiger partial charge in [-0.2, -0.15) is 0 Å². The van der Waals surface area contributed by atoms with Gasteiger partial charge in [0, 0.05) is 18.7 Å². The zero-order chi connectivity index (χ0) is 15.5. The summed E-state index contributed by atoms with van der Waals surface area (Å²) in [6.07, 6.45) is 2.58. The summed E-state index contributed by atoms with van der Waals surface area (Å²) in [5.74, 6) is 0.192. The molecule has 0 bridgehead atoms. The maximum Gasteiger partial charge on any atom is 0.265 e. The summed E-state index contributed by atoms with van der Waals surface area (Å²) >= 11 is 1.25. The summed E-state index contributed by atoms with van der Waals surface area (Å²) in [6, 6.07) is 6.50. The second-order valence-corrected chi connectivity index (χ2v) is 6.50. The standard InChI is InChI=1S/C16H18FN3OS/c1-18-8-11-6-7-20(10-11)16(21)14-9-19-15(22-14)12-4-2-3-5-13(12)17/h2-5,9,11,18H,6-8,10H2,1H3/t11-/m0/s1. The Kier molecular flexibility index (Phi) is 4.49. The number of amides is 1. The quantitative estimate of drug-likeness (QED) is 0.942. The molecule has 1 atom stereocenters. The van der Waals surface area contributed by atoms with E-state index < -0.39 is 0 Å². The lowest BCUT2D eigenvalue weighted by Gasteiger charge is -2.15. The van der Waals surface area contributed by atoms with Crippen molar-refractivity contribution in [3.63, 3.8) is 0 Å². The van der Waals surface area contributed by atoms with Gasteiger partial charge < -0.3 is 10.2 Å². The molecule has 1 fully saturated rings. The Morgan fingerprint density at radius 2 is 2.32 bits per heavy atom. The van der Waals surface area contributed by atoms with Crippen LogP contribution in [-0.2, 0) is 0 Å². The van der Waals surface area contributed by atoms with E-state index in [-0.39, 0.29) is 11.7 Å². The summed E-state index contributed by atoms with van der Waals surface area (Å²) in [7, 11) is 1.92. The first-order valence-corrected chi connectivity index (χ1v) is 8.15. The Balaban J connectivity index is 1.74. The molecule has 22 heavy (non-hydrogen) atoms. The van der Waals surface area contributed by atoms with Gasteiger partial charge in [-0.1, -0.05) is 12.1 Å². The number of carbonyl (C=O) groups excluding carboxylic acids is 1. The molecule has 0 spiro atoms. The number of thiazole rings is 1. The molecule has 0 unspecified atom stereocenters. The van der Waals surface area contributed by atoms with E-state index in [0.29, 0.717) is 21.4 Å². The van der Waals surface area contributed by atoms with Crippen LogP contribution in [0.15, 0.2) is 30.5 Å². The lowest BCUT2D eigenvalue weighted by atomic mass is 10.1. The normalized spacial score (nSPS) is 17.9. The van der Waals surface area contributed by atoms with Crippen LogP contribution in [0.5, 0.6) is 0 Å². The summed E-state index contributed by atoms with van der Waals surface area (Å²) in [6.45, 7) is 2.47. The molecule has 0 aliphatic carbocycles. The van der Waals surface area contributed by atoms with E-state index in [1.54, 1.807) is 24.4 Å². The Morgan fingerprint density at radius 1 is 1.50 bits per heavy atom. The van der Waals surface area contributed by atoms with E-state index in [1.165, 1.54) is 17.4 Å². The van der Waals surface area contributed by atoms with E-state index in [9.17, 15) is 9.18 Å². The van der Waals surface area contributed by atoms with Crippen molar-refractivity contribution in [1.82, 2.24) is 15.2 Å². The lowest BCUT2D eigenvalue weighted by Crippen LogP contribution is -2.29. The van der Waals surface area contributed by atoms with Crippen molar-refractivity contribution < 1.29 is 9.18 Å². The summed E-state index contributed by atoms with van der Waals surface area (Å²) < 4.78 is 13.8. The zero-order valence-electron chi connectivity index (χ0n) is 12.4. The van der Waals surface area contributed by atoms with Gasteiger partial charge in [0.05, 0.1) is 6.20 Å². The number of nitrogens with zero attached hydrogens (tertiary/aromatic N) is 2. The molecule has 6 heteroatoms. The molecule has 1 amide bonds. The van der Waals surface area contributed by atoms with Crippen LogP contribution in [0.25, 0.3) is 10.6 Å². The SMILES string of the molecule is CNC[C@@H]1CCN(C(=O)c2cnc(-c3ccccc3F)s2)C1. The molecule has 1 aromatic heterocycles. The molecular weight excluding hydrogens is 301 g/mol. The molecular formula is C16H18FN3OS. The van der Waals surface area contributed by atoms with Crippen LogP contribution in [0.3, 0.4) is 0 Å². The average molecular weight is 319 g/mol. The van der Waals surface area contributed by atoms with Crippen LogP contribution in [0, 0.1) is 11.7 Å². The Labute approximate surface area is 133 Å². The number of nitrogens with one attached hydrogen (secondary N) is 1. The maximum atomic E-state index is 13.8. The van der Waals surface area contributed by atoms with Crippen LogP contribution in [-0.4, -0.2) is 42.5 Å². The third kappa shape index (κ3) is 3.03. The van der Waals surface area contributed by atoms with Crippen LogP contribution < -0.4 is 5.32 Å². The molecule has 2 heterocycles. The number of hydrogen-bond acceptors (Lipinski definition) is 4. The minimum Gasteiger partial charge on any atom is -0.338 e. The highest BCUT2D eigenvalue weighted by Crippen LogP contribution is 2.29. The van der Waals surface area contributed by atoms with Gasteiger partial charge >= 0.3 is 0 Å². The minimum atomic E-state index is -0.314. The fourth-order valence-corrected chi connectivity index (χ4v) is 3.67. The molecule has 1 saturated heterocycles. The van der Waals surface area contributed by atoms with E-state index in [1.807, 2.05) is 11.9 Å². The van der Waals surface area contributed by atoms with Gasteiger partial charge in [0.25, 0.3) is 5.91 Å². The first kappa shape index (κ1) is 15.1. The molecule has 0 saturated carbocycles. The Morgan fingerprint density at radius 3 is 3.09 bits per heavy atom. The second kappa shape index (κ2) is 6.54. The fraction of sp³-hybridized carbons (Fsp3) is 0.375. The molecule has 4 nitrogen and oxygen atoms in total. The number of rotatable bonds is 4. The highest BCUT2D eigenvalue weighted by molar-refractivity contribution is 7.16. The zero-order valence-corrected chi connectivity index (χ0v) is 13.2. The first-order valence-electron chi connectivity index (χ1n) is 7.33. The number of carbonyl (C=O) groups is 1. The van der Waals surface area contributed by atoms with Crippen molar-refractivity contribution in [3.05, 3.63) is 41.2 Å². The third-order valence-corrected chi connectivity index (χ3v) is 4.91. The average Bonchev–Trinajstić information content (AvgIpc) is 3.17. The van der Waals surface area contributed by atoms with Gasteiger partial charge in [-0.15, -0.1) is 11.3 Å². The number of halogens is 1. The number of likely N-dealkylation sites (tertiary alicyclic amines) is 1. The molecule has 1 aliphatic heterocycles. The fourth-order valence-electron chi connectivity index (χ4n) is 2.76.